The predicted octanol–water partition coefficient (Wildman–Crippen LogP) is 4.87. The number of nitrogens with one attached hydrogen (secondary N) is 1. The lowest BCUT2D eigenvalue weighted by Gasteiger charge is -2.13. The van der Waals surface area contributed by atoms with Crippen LogP contribution < -0.4 is 5.32 Å². The van der Waals surface area contributed by atoms with Gasteiger partial charge in [0.05, 0.1) is 45.9 Å². The quantitative estimate of drug-likeness (QED) is 0.342. The van der Waals surface area contributed by atoms with Gasteiger partial charge in [-0.1, -0.05) is 35.0 Å². The van der Waals surface area contributed by atoms with Crippen molar-refractivity contribution >= 4 is 45.1 Å². The van der Waals surface area contributed by atoms with Crippen LogP contribution in [0.3, 0.4) is 0 Å². The van der Waals surface area contributed by atoms with Crippen molar-refractivity contribution < 1.29 is 18.0 Å². The number of hydrogen-bond donors (Lipinski definition) is 1. The molecule has 1 amide bonds. The summed E-state index contributed by atoms with van der Waals surface area (Å²) >= 11 is 6.36. The van der Waals surface area contributed by atoms with Crippen LogP contribution in [0.4, 0.5) is 18.9 Å². The van der Waals surface area contributed by atoms with Crippen molar-refractivity contribution in [1.82, 2.24) is 39.7 Å². The van der Waals surface area contributed by atoms with Gasteiger partial charge in [0.15, 0.2) is 17.3 Å². The smallest absolute Gasteiger partial charge is 0.320 e. The van der Waals surface area contributed by atoms with Crippen LogP contribution in [-0.2, 0) is 6.18 Å². The molecule has 0 aliphatic heterocycles. The Labute approximate surface area is 215 Å². The highest BCUT2D eigenvalue weighted by Crippen LogP contribution is 2.34. The number of para-hydroxylation sites is 1. The summed E-state index contributed by atoms with van der Waals surface area (Å²) in [5, 5.41) is 15.0. The summed E-state index contributed by atoms with van der Waals surface area (Å²) in [5.41, 5.74) is -0.300. The Balaban J connectivity index is 1.33. The Morgan fingerprint density at radius 2 is 1.82 bits per heavy atom. The molecule has 5 heterocycles. The third-order valence-corrected chi connectivity index (χ3v) is 5.89. The third-order valence-electron chi connectivity index (χ3n) is 5.61. The summed E-state index contributed by atoms with van der Waals surface area (Å²) in [7, 11) is 0. The zero-order valence-corrected chi connectivity index (χ0v) is 19.7. The summed E-state index contributed by atoms with van der Waals surface area (Å²) in [6.45, 7) is 0. The van der Waals surface area contributed by atoms with E-state index in [1.54, 1.807) is 42.6 Å². The van der Waals surface area contributed by atoms with E-state index in [-0.39, 0.29) is 22.3 Å². The van der Waals surface area contributed by atoms with Crippen LogP contribution >= 0.6 is 11.6 Å². The van der Waals surface area contributed by atoms with Gasteiger partial charge in [0.1, 0.15) is 5.52 Å². The second-order valence-electron chi connectivity index (χ2n) is 8.03. The summed E-state index contributed by atoms with van der Waals surface area (Å²) in [4.78, 5) is 25.4. The second-order valence-corrected chi connectivity index (χ2v) is 8.43. The molecule has 0 aliphatic rings. The Morgan fingerprint density at radius 3 is 2.63 bits per heavy atom. The van der Waals surface area contributed by atoms with Crippen molar-refractivity contribution in [3.05, 3.63) is 89.6 Å². The minimum atomic E-state index is -4.90. The lowest BCUT2D eigenvalue weighted by atomic mass is 10.2. The number of hydrogen-bond acceptors (Lipinski definition) is 7. The molecule has 6 rings (SSSR count). The maximum Gasteiger partial charge on any atom is 0.434 e. The molecule has 5 aromatic heterocycles. The van der Waals surface area contributed by atoms with E-state index in [2.05, 4.69) is 35.7 Å². The van der Waals surface area contributed by atoms with Crippen LogP contribution in [-0.4, -0.2) is 45.6 Å². The van der Waals surface area contributed by atoms with Crippen molar-refractivity contribution in [2.45, 2.75) is 6.18 Å². The molecule has 1 aromatic carbocycles. The number of pyridine rings is 3. The van der Waals surface area contributed by atoms with Gasteiger partial charge in [-0.05, 0) is 30.3 Å². The van der Waals surface area contributed by atoms with E-state index in [1.165, 1.54) is 29.2 Å². The largest absolute Gasteiger partial charge is 0.434 e. The monoisotopic (exact) mass is 535 g/mol. The highest BCUT2D eigenvalue weighted by atomic mass is 35.5. The molecule has 0 aliphatic carbocycles. The summed E-state index contributed by atoms with van der Waals surface area (Å²) in [6, 6.07) is 13.0. The number of halogens is 4. The zero-order valence-electron chi connectivity index (χ0n) is 18.9. The third kappa shape index (κ3) is 4.08. The molecule has 0 atom stereocenters. The van der Waals surface area contributed by atoms with Gasteiger partial charge in [0, 0.05) is 11.6 Å². The predicted molar refractivity (Wildman–Crippen MR) is 131 cm³/mol. The van der Waals surface area contributed by atoms with Crippen LogP contribution in [0.1, 0.15) is 16.1 Å². The average Bonchev–Trinajstić information content (AvgIpc) is 3.54. The van der Waals surface area contributed by atoms with E-state index >= 15 is 0 Å². The van der Waals surface area contributed by atoms with Crippen molar-refractivity contribution in [2.75, 3.05) is 5.32 Å². The molecule has 38 heavy (non-hydrogen) atoms. The average molecular weight is 536 g/mol. The Morgan fingerprint density at radius 1 is 0.974 bits per heavy atom. The van der Waals surface area contributed by atoms with Crippen LogP contribution in [0.2, 0.25) is 5.02 Å². The number of carbonyl (C=O) groups is 1. The number of amides is 1. The van der Waals surface area contributed by atoms with E-state index in [0.29, 0.717) is 21.2 Å². The first kappa shape index (κ1) is 23.5. The molecule has 10 nitrogen and oxygen atoms in total. The van der Waals surface area contributed by atoms with E-state index in [0.717, 1.165) is 11.6 Å². The minimum Gasteiger partial charge on any atom is -0.320 e. The van der Waals surface area contributed by atoms with E-state index in [1.807, 2.05) is 0 Å². The first-order valence-electron chi connectivity index (χ1n) is 10.9. The van der Waals surface area contributed by atoms with Crippen molar-refractivity contribution in [2.24, 2.45) is 0 Å². The normalized spacial score (nSPS) is 11.8. The number of benzene rings is 1. The van der Waals surface area contributed by atoms with Gasteiger partial charge >= 0.3 is 6.18 Å². The number of alkyl halides is 3. The SMILES string of the molecule is O=C(Nc1cnc(-n2nnc3cnccc32)c(Cl)c1)c1cnn(-c2ccc3ccccc3n2)c1C(F)(F)F. The highest BCUT2D eigenvalue weighted by Gasteiger charge is 2.41. The molecule has 1 N–H and O–H groups in total. The van der Waals surface area contributed by atoms with Crippen LogP contribution in [0.15, 0.2) is 73.3 Å². The van der Waals surface area contributed by atoms with Crippen molar-refractivity contribution in [3.8, 4) is 11.6 Å². The lowest BCUT2D eigenvalue weighted by Crippen LogP contribution is -2.21. The molecule has 0 radical (unpaired) electrons. The number of rotatable bonds is 4. The fourth-order valence-electron chi connectivity index (χ4n) is 3.92. The molecular weight excluding hydrogens is 523 g/mol. The summed E-state index contributed by atoms with van der Waals surface area (Å²) in [6.07, 6.45) is 0.257. The molecule has 6 aromatic rings. The highest BCUT2D eigenvalue weighted by molar-refractivity contribution is 6.32. The van der Waals surface area contributed by atoms with Gasteiger partial charge in [0.2, 0.25) is 0 Å². The van der Waals surface area contributed by atoms with Gasteiger partial charge in [-0.2, -0.15) is 23.0 Å². The molecule has 0 saturated carbocycles. The minimum absolute atomic E-state index is 0.0690. The molecule has 0 saturated heterocycles. The van der Waals surface area contributed by atoms with Gasteiger partial charge in [-0.15, -0.1) is 5.10 Å². The first-order chi connectivity index (χ1) is 18.3. The number of aromatic nitrogens is 8. The van der Waals surface area contributed by atoms with E-state index < -0.39 is 23.3 Å². The number of nitrogens with zero attached hydrogens (tertiary/aromatic N) is 8. The lowest BCUT2D eigenvalue weighted by molar-refractivity contribution is -0.143. The molecule has 188 valence electrons. The Hall–Kier alpha value is -4.91. The second kappa shape index (κ2) is 8.88. The maximum absolute atomic E-state index is 14.1. The van der Waals surface area contributed by atoms with Gasteiger partial charge in [-0.3, -0.25) is 9.78 Å². The number of anilines is 1. The Bertz CT molecular complexity index is 1850. The van der Waals surface area contributed by atoms with Crippen LogP contribution in [0, 0.1) is 0 Å². The van der Waals surface area contributed by atoms with Gasteiger partial charge in [0.25, 0.3) is 5.91 Å². The van der Waals surface area contributed by atoms with Crippen LogP contribution in [0.5, 0.6) is 0 Å². The molecule has 14 heteroatoms. The van der Waals surface area contributed by atoms with E-state index in [9.17, 15) is 18.0 Å². The number of fused-ring (bicyclic) bond motifs is 2. The van der Waals surface area contributed by atoms with E-state index in [4.69, 9.17) is 11.6 Å². The maximum atomic E-state index is 14.1. The standard InChI is InChI=1S/C24H13ClF3N9O/c25-16-9-14(10-30-22(16)36-19-7-8-29-12-18(19)34-35-36)32-23(38)15-11-31-37(21(15)24(26,27)28)20-6-5-13-3-1-2-4-17(13)33-20/h1-12H,(H,32,38). The van der Waals surface area contributed by atoms with Gasteiger partial charge in [-0.25, -0.2) is 14.6 Å². The zero-order chi connectivity index (χ0) is 26.4. The number of carbonyl (C=O) groups excluding carboxylic acids is 1. The molecular formula is C24H13ClF3N9O. The fraction of sp³-hybridized carbons (Fsp3) is 0.0417. The van der Waals surface area contributed by atoms with Crippen molar-refractivity contribution in [3.63, 3.8) is 0 Å². The molecule has 0 spiro atoms. The topological polar surface area (TPSA) is 116 Å². The van der Waals surface area contributed by atoms with Gasteiger partial charge < -0.3 is 5.32 Å². The van der Waals surface area contributed by atoms with Crippen molar-refractivity contribution in [1.29, 1.82) is 0 Å². The fourth-order valence-corrected chi connectivity index (χ4v) is 4.17. The molecule has 0 unspecified atom stereocenters. The molecule has 0 bridgehead atoms. The van der Waals surface area contributed by atoms with Crippen LogP contribution in [0.25, 0.3) is 33.6 Å². The summed E-state index contributed by atoms with van der Waals surface area (Å²) in [5.74, 6) is -0.920. The Kier molecular flexibility index (Phi) is 5.49. The summed E-state index contributed by atoms with van der Waals surface area (Å²) < 4.78 is 44.3. The molecule has 0 fully saturated rings. The first-order valence-corrected chi connectivity index (χ1v) is 11.3.